The first-order valence-electron chi connectivity index (χ1n) is 9.11. The number of nitro benzene ring substituents is 1. The van der Waals surface area contributed by atoms with Gasteiger partial charge in [-0.05, 0) is 25.1 Å². The second kappa shape index (κ2) is 11.0. The number of esters is 1. The van der Waals surface area contributed by atoms with Crippen molar-refractivity contribution in [2.75, 3.05) is 11.9 Å². The molecule has 0 saturated carbocycles. The number of hydrazine groups is 1. The molecule has 31 heavy (non-hydrogen) atoms. The number of carbonyl (C=O) groups excluding carboxylic acids is 4. The molecule has 3 amide bonds. The van der Waals surface area contributed by atoms with Crippen LogP contribution in [0.5, 0.6) is 0 Å². The zero-order valence-corrected chi connectivity index (χ0v) is 16.5. The van der Waals surface area contributed by atoms with Gasteiger partial charge in [-0.3, -0.25) is 40.1 Å². The summed E-state index contributed by atoms with van der Waals surface area (Å²) in [6.45, 7) is 0.946. The van der Waals surface area contributed by atoms with E-state index in [1.165, 1.54) is 18.2 Å². The lowest BCUT2D eigenvalue weighted by Crippen LogP contribution is -2.41. The van der Waals surface area contributed by atoms with Gasteiger partial charge in [0, 0.05) is 29.3 Å². The number of rotatable bonds is 8. The number of nitrogens with zero attached hydrogens (tertiary/aromatic N) is 1. The minimum absolute atomic E-state index is 0.153. The molecule has 3 N–H and O–H groups in total. The van der Waals surface area contributed by atoms with Gasteiger partial charge in [0.1, 0.15) is 0 Å². The van der Waals surface area contributed by atoms with Gasteiger partial charge in [-0.1, -0.05) is 24.3 Å². The van der Waals surface area contributed by atoms with E-state index < -0.39 is 35.2 Å². The summed E-state index contributed by atoms with van der Waals surface area (Å²) in [5.74, 6) is -2.61. The molecular formula is C20H20N4O7. The highest BCUT2D eigenvalue weighted by Crippen LogP contribution is 2.22. The van der Waals surface area contributed by atoms with E-state index in [1.807, 2.05) is 0 Å². The number of amides is 3. The summed E-state index contributed by atoms with van der Waals surface area (Å²) in [5, 5.41) is 13.3. The Morgan fingerprint density at radius 1 is 0.968 bits per heavy atom. The molecule has 0 aliphatic carbocycles. The molecule has 0 atom stereocenters. The first-order valence-corrected chi connectivity index (χ1v) is 9.11. The third-order valence-electron chi connectivity index (χ3n) is 3.96. The number of anilines is 1. The molecule has 0 heterocycles. The molecule has 11 heteroatoms. The average Bonchev–Trinajstić information content (AvgIpc) is 2.76. The van der Waals surface area contributed by atoms with Gasteiger partial charge in [-0.15, -0.1) is 0 Å². The van der Waals surface area contributed by atoms with E-state index in [2.05, 4.69) is 16.2 Å². The van der Waals surface area contributed by atoms with Gasteiger partial charge in [0.15, 0.2) is 6.61 Å². The van der Waals surface area contributed by atoms with Crippen LogP contribution in [-0.2, 0) is 19.1 Å². The number of benzene rings is 2. The zero-order chi connectivity index (χ0) is 22.8. The fourth-order valence-electron chi connectivity index (χ4n) is 2.37. The van der Waals surface area contributed by atoms with Gasteiger partial charge < -0.3 is 10.1 Å². The molecule has 0 bridgehead atoms. The maximum Gasteiger partial charge on any atom is 0.306 e. The van der Waals surface area contributed by atoms with E-state index in [1.54, 1.807) is 37.3 Å². The highest BCUT2D eigenvalue weighted by Gasteiger charge is 2.14. The molecule has 2 rings (SSSR count). The number of nitrogens with one attached hydrogen (secondary N) is 3. The second-order valence-corrected chi connectivity index (χ2v) is 6.34. The Morgan fingerprint density at radius 2 is 1.68 bits per heavy atom. The molecule has 0 fully saturated rings. The van der Waals surface area contributed by atoms with Crippen LogP contribution in [-0.4, -0.2) is 35.2 Å². The van der Waals surface area contributed by atoms with Gasteiger partial charge in [0.2, 0.25) is 5.91 Å². The van der Waals surface area contributed by atoms with E-state index in [0.29, 0.717) is 11.1 Å². The van der Waals surface area contributed by atoms with Crippen molar-refractivity contribution in [1.82, 2.24) is 10.9 Å². The number of ether oxygens (including phenoxy) is 1. The van der Waals surface area contributed by atoms with Crippen LogP contribution >= 0.6 is 0 Å². The molecule has 0 saturated heterocycles. The Balaban J connectivity index is 1.69. The predicted molar refractivity (Wildman–Crippen MR) is 109 cm³/mol. The van der Waals surface area contributed by atoms with E-state index in [-0.39, 0.29) is 24.2 Å². The van der Waals surface area contributed by atoms with Crippen LogP contribution in [0.4, 0.5) is 11.4 Å². The van der Waals surface area contributed by atoms with Crippen LogP contribution in [0.1, 0.15) is 28.8 Å². The molecule has 11 nitrogen and oxygen atoms in total. The molecule has 162 valence electrons. The van der Waals surface area contributed by atoms with Crippen molar-refractivity contribution < 1.29 is 28.8 Å². The minimum Gasteiger partial charge on any atom is -0.456 e. The van der Waals surface area contributed by atoms with Crippen LogP contribution in [0.2, 0.25) is 0 Å². The van der Waals surface area contributed by atoms with Gasteiger partial charge in [-0.25, -0.2) is 0 Å². The van der Waals surface area contributed by atoms with Crippen LogP contribution in [0.25, 0.3) is 0 Å². The van der Waals surface area contributed by atoms with Crippen molar-refractivity contribution in [1.29, 1.82) is 0 Å². The average molecular weight is 428 g/mol. The third-order valence-corrected chi connectivity index (χ3v) is 3.96. The second-order valence-electron chi connectivity index (χ2n) is 6.34. The van der Waals surface area contributed by atoms with Crippen molar-refractivity contribution in [2.45, 2.75) is 19.8 Å². The monoisotopic (exact) mass is 428 g/mol. The molecule has 0 aliphatic heterocycles. The largest absolute Gasteiger partial charge is 0.456 e. The number of carbonyl (C=O) groups is 4. The Hall–Kier alpha value is -4.28. The number of hydrogen-bond acceptors (Lipinski definition) is 7. The van der Waals surface area contributed by atoms with E-state index in [0.717, 1.165) is 0 Å². The van der Waals surface area contributed by atoms with Gasteiger partial charge in [0.25, 0.3) is 17.5 Å². The van der Waals surface area contributed by atoms with Crippen molar-refractivity contribution >= 4 is 35.1 Å². The van der Waals surface area contributed by atoms with E-state index in [9.17, 15) is 29.3 Å². The van der Waals surface area contributed by atoms with Crippen molar-refractivity contribution in [3.05, 3.63) is 69.8 Å². The lowest BCUT2D eigenvalue weighted by atomic mass is 10.2. The zero-order valence-electron chi connectivity index (χ0n) is 16.5. The summed E-state index contributed by atoms with van der Waals surface area (Å²) in [7, 11) is 0. The predicted octanol–water partition coefficient (Wildman–Crippen LogP) is 1.63. The van der Waals surface area contributed by atoms with Crippen molar-refractivity contribution in [3.8, 4) is 0 Å². The molecule has 0 spiro atoms. The molecule has 0 aliphatic rings. The minimum atomic E-state index is -0.797. The molecule has 0 aromatic heterocycles. The van der Waals surface area contributed by atoms with Crippen LogP contribution in [0.15, 0.2) is 48.5 Å². The first-order chi connectivity index (χ1) is 14.8. The summed E-state index contributed by atoms with van der Waals surface area (Å²) < 4.78 is 4.77. The maximum absolute atomic E-state index is 11.8. The highest BCUT2D eigenvalue weighted by atomic mass is 16.6. The number of nitro groups is 1. The lowest BCUT2D eigenvalue weighted by molar-refractivity contribution is -0.385. The van der Waals surface area contributed by atoms with Gasteiger partial charge in [-0.2, -0.15) is 0 Å². The Bertz CT molecular complexity index is 992. The quantitative estimate of drug-likeness (QED) is 0.328. The topological polar surface area (TPSA) is 157 Å². The Labute approximate surface area is 176 Å². The molecular weight excluding hydrogens is 408 g/mol. The van der Waals surface area contributed by atoms with Crippen LogP contribution in [0.3, 0.4) is 0 Å². The standard InChI is InChI=1S/C20H20N4O7/c1-13-7-8-15(11-16(13)24(29)30)21-18(26)12-31-19(27)10-9-17(25)22-23-20(28)14-5-3-2-4-6-14/h2-8,11H,9-10,12H2,1H3,(H,21,26)(H,22,25)(H,23,28). The van der Waals surface area contributed by atoms with Crippen molar-refractivity contribution in [2.24, 2.45) is 0 Å². The van der Waals surface area contributed by atoms with Crippen LogP contribution in [0, 0.1) is 17.0 Å². The normalized spacial score (nSPS) is 9.97. The molecule has 2 aromatic carbocycles. The Morgan fingerprint density at radius 3 is 2.35 bits per heavy atom. The van der Waals surface area contributed by atoms with Crippen molar-refractivity contribution in [3.63, 3.8) is 0 Å². The summed E-state index contributed by atoms with van der Waals surface area (Å²) in [4.78, 5) is 57.4. The SMILES string of the molecule is Cc1ccc(NC(=O)COC(=O)CCC(=O)NNC(=O)c2ccccc2)cc1[N+](=O)[O-]. The summed E-state index contributed by atoms with van der Waals surface area (Å²) in [6, 6.07) is 12.4. The van der Waals surface area contributed by atoms with E-state index in [4.69, 9.17) is 4.74 Å². The first kappa shape index (κ1) is 23.0. The van der Waals surface area contributed by atoms with Gasteiger partial charge in [0.05, 0.1) is 11.3 Å². The molecule has 0 radical (unpaired) electrons. The Kier molecular flexibility index (Phi) is 8.20. The summed E-state index contributed by atoms with van der Waals surface area (Å²) in [5.41, 5.74) is 5.21. The highest BCUT2D eigenvalue weighted by molar-refractivity contribution is 5.95. The van der Waals surface area contributed by atoms with Crippen LogP contribution < -0.4 is 16.2 Å². The summed E-state index contributed by atoms with van der Waals surface area (Å²) in [6.07, 6.45) is -0.573. The van der Waals surface area contributed by atoms with Gasteiger partial charge >= 0.3 is 5.97 Å². The molecule has 0 unspecified atom stereocenters. The maximum atomic E-state index is 11.8. The summed E-state index contributed by atoms with van der Waals surface area (Å²) >= 11 is 0. The fraction of sp³-hybridized carbons (Fsp3) is 0.200. The fourth-order valence-corrected chi connectivity index (χ4v) is 2.37. The lowest BCUT2D eigenvalue weighted by Gasteiger charge is -2.08. The third kappa shape index (κ3) is 7.57. The van der Waals surface area contributed by atoms with E-state index >= 15 is 0 Å². The number of hydrogen-bond donors (Lipinski definition) is 3. The molecule has 2 aromatic rings. The smallest absolute Gasteiger partial charge is 0.306 e. The number of aryl methyl sites for hydroxylation is 1.